The van der Waals surface area contributed by atoms with Crippen LogP contribution in [0.2, 0.25) is 18.1 Å². The molecule has 0 aliphatic carbocycles. The molecule has 7 nitrogen and oxygen atoms in total. The fourth-order valence-electron chi connectivity index (χ4n) is 4.71. The van der Waals surface area contributed by atoms with E-state index in [2.05, 4.69) is 33.9 Å². The van der Waals surface area contributed by atoms with Gasteiger partial charge in [-0.1, -0.05) is 63.2 Å². The Kier molecular flexibility index (Phi) is 8.52. The van der Waals surface area contributed by atoms with Crippen LogP contribution in [-0.4, -0.2) is 50.8 Å². The maximum absolute atomic E-state index is 13.5. The zero-order valence-corrected chi connectivity index (χ0v) is 24.0. The molecule has 1 aliphatic rings. The highest BCUT2D eigenvalue weighted by Gasteiger charge is 2.58. The lowest BCUT2D eigenvalue weighted by Crippen LogP contribution is -2.56. The number of benzene rings is 2. The summed E-state index contributed by atoms with van der Waals surface area (Å²) in [6.45, 7) is 11.1. The van der Waals surface area contributed by atoms with Crippen LogP contribution in [0.3, 0.4) is 0 Å². The third-order valence-electron chi connectivity index (χ3n) is 7.86. The van der Waals surface area contributed by atoms with Crippen LogP contribution in [0.5, 0.6) is 5.75 Å². The third-order valence-corrected chi connectivity index (χ3v) is 12.2. The summed E-state index contributed by atoms with van der Waals surface area (Å²) in [6.07, 6.45) is 0.355. The summed E-state index contributed by atoms with van der Waals surface area (Å²) in [6, 6.07) is 17.0. The lowest BCUT2D eigenvalue weighted by Gasteiger charge is -2.42. The lowest BCUT2D eigenvalue weighted by atomic mass is 9.75. The summed E-state index contributed by atoms with van der Waals surface area (Å²) in [5.41, 5.74) is 0.282. The number of hydrogen-bond donors (Lipinski definition) is 0. The van der Waals surface area contributed by atoms with Crippen molar-refractivity contribution in [2.24, 2.45) is 0 Å². The lowest BCUT2D eigenvalue weighted by molar-refractivity contribution is -0.161. The van der Waals surface area contributed by atoms with E-state index in [0.29, 0.717) is 0 Å². The molecule has 8 heteroatoms. The maximum atomic E-state index is 13.5. The Morgan fingerprint density at radius 3 is 2.16 bits per heavy atom. The second-order valence-electron chi connectivity index (χ2n) is 11.1. The minimum Gasteiger partial charge on any atom is -0.544 e. The van der Waals surface area contributed by atoms with Gasteiger partial charge in [-0.25, -0.2) is 4.79 Å². The van der Waals surface area contributed by atoms with Crippen LogP contribution in [0.4, 0.5) is 0 Å². The van der Waals surface area contributed by atoms with E-state index in [-0.39, 0.29) is 36.8 Å². The van der Waals surface area contributed by atoms with Gasteiger partial charge in [0, 0.05) is 18.9 Å². The molecule has 0 spiro atoms. The summed E-state index contributed by atoms with van der Waals surface area (Å²) in [7, 11) is 0.589. The summed E-state index contributed by atoms with van der Waals surface area (Å²) < 4.78 is 16.7. The Bertz CT molecular complexity index is 1110. The third kappa shape index (κ3) is 5.90. The molecule has 0 unspecified atom stereocenters. The Balaban J connectivity index is 2.07. The van der Waals surface area contributed by atoms with Crippen molar-refractivity contribution in [1.29, 1.82) is 0 Å². The minimum atomic E-state index is -2.05. The van der Waals surface area contributed by atoms with E-state index in [4.69, 9.17) is 13.9 Å². The SMILES string of the molecule is COC(=O)C[C@@H](c1ccc(O[Si](C)(C)C(C)(C)C)cc1)[C@]1(C(=O)OC)CCC(=O)N1Cc1ccccc1. The number of amides is 1. The van der Waals surface area contributed by atoms with E-state index in [0.717, 1.165) is 16.9 Å². The molecule has 3 rings (SSSR count). The molecule has 200 valence electrons. The van der Waals surface area contributed by atoms with Gasteiger partial charge in [-0.15, -0.1) is 0 Å². The van der Waals surface area contributed by atoms with E-state index in [9.17, 15) is 14.4 Å². The van der Waals surface area contributed by atoms with Gasteiger partial charge in [0.25, 0.3) is 0 Å². The Hall–Kier alpha value is -3.13. The zero-order valence-electron chi connectivity index (χ0n) is 23.0. The summed E-state index contributed by atoms with van der Waals surface area (Å²) >= 11 is 0. The number of rotatable bonds is 9. The van der Waals surface area contributed by atoms with Crippen LogP contribution in [0.25, 0.3) is 0 Å². The van der Waals surface area contributed by atoms with Crippen LogP contribution < -0.4 is 4.43 Å². The van der Waals surface area contributed by atoms with Gasteiger partial charge in [-0.05, 0) is 47.8 Å². The molecule has 1 heterocycles. The predicted molar refractivity (Wildman–Crippen MR) is 145 cm³/mol. The quantitative estimate of drug-likeness (QED) is 0.320. The zero-order chi connectivity index (χ0) is 27.4. The molecular formula is C29H39NO6Si. The molecule has 0 N–H and O–H groups in total. The molecule has 1 fully saturated rings. The van der Waals surface area contributed by atoms with Crippen molar-refractivity contribution in [2.45, 2.75) is 76.2 Å². The predicted octanol–water partition coefficient (Wildman–Crippen LogP) is 5.45. The van der Waals surface area contributed by atoms with E-state index < -0.39 is 31.7 Å². The van der Waals surface area contributed by atoms with Crippen molar-refractivity contribution in [3.05, 3.63) is 65.7 Å². The average Bonchev–Trinajstić information content (AvgIpc) is 3.18. The second kappa shape index (κ2) is 11.1. The first-order chi connectivity index (χ1) is 17.4. The van der Waals surface area contributed by atoms with Gasteiger partial charge in [-0.3, -0.25) is 9.59 Å². The summed E-state index contributed by atoms with van der Waals surface area (Å²) in [4.78, 5) is 40.9. The van der Waals surface area contributed by atoms with Crippen LogP contribution in [0, 0.1) is 0 Å². The van der Waals surface area contributed by atoms with Crippen molar-refractivity contribution in [1.82, 2.24) is 4.90 Å². The van der Waals surface area contributed by atoms with E-state index in [1.807, 2.05) is 54.6 Å². The van der Waals surface area contributed by atoms with Crippen LogP contribution in [-0.2, 0) is 30.4 Å². The first-order valence-corrected chi connectivity index (χ1v) is 15.5. The first-order valence-electron chi connectivity index (χ1n) is 12.6. The van der Waals surface area contributed by atoms with E-state index in [1.165, 1.54) is 14.2 Å². The molecule has 1 saturated heterocycles. The topological polar surface area (TPSA) is 82.1 Å². The number of likely N-dealkylation sites (tertiary alicyclic amines) is 1. The van der Waals surface area contributed by atoms with E-state index in [1.54, 1.807) is 4.90 Å². The second-order valence-corrected chi connectivity index (χ2v) is 15.9. The van der Waals surface area contributed by atoms with Crippen molar-refractivity contribution in [3.63, 3.8) is 0 Å². The molecule has 37 heavy (non-hydrogen) atoms. The molecule has 1 aliphatic heterocycles. The summed E-state index contributed by atoms with van der Waals surface area (Å²) in [5.74, 6) is -1.08. The van der Waals surface area contributed by atoms with Gasteiger partial charge in [0.2, 0.25) is 14.2 Å². The Labute approximate surface area is 221 Å². The standard InChI is InChI=1S/C29H39NO6Si/c1-28(2,3)37(6,7)36-23-15-13-22(14-16-23)24(19-26(32)34-4)29(27(33)35-5)18-17-25(31)30(29)20-21-11-9-8-10-12-21/h8-16,24H,17-20H2,1-7H3/t24-,29-/m0/s1. The molecule has 2 atom stereocenters. The van der Waals surface area contributed by atoms with Gasteiger partial charge in [-0.2, -0.15) is 0 Å². The maximum Gasteiger partial charge on any atom is 0.332 e. The fraction of sp³-hybridized carbons (Fsp3) is 0.483. The molecule has 0 saturated carbocycles. The molecule has 1 amide bonds. The normalized spacial score (nSPS) is 18.9. The largest absolute Gasteiger partial charge is 0.544 e. The van der Waals surface area contributed by atoms with Crippen LogP contribution in [0.1, 0.15) is 57.1 Å². The van der Waals surface area contributed by atoms with Gasteiger partial charge >= 0.3 is 11.9 Å². The Morgan fingerprint density at radius 1 is 1.00 bits per heavy atom. The molecule has 0 aromatic heterocycles. The molecular weight excluding hydrogens is 486 g/mol. The number of carbonyl (C=O) groups is 3. The number of carbonyl (C=O) groups excluding carboxylic acids is 3. The Morgan fingerprint density at radius 2 is 1.62 bits per heavy atom. The fourth-order valence-corrected chi connectivity index (χ4v) is 5.74. The first kappa shape index (κ1) is 28.4. The average molecular weight is 526 g/mol. The number of esters is 2. The number of methoxy groups -OCH3 is 2. The highest BCUT2D eigenvalue weighted by Crippen LogP contribution is 2.46. The van der Waals surface area contributed by atoms with Crippen molar-refractivity contribution in [2.75, 3.05) is 14.2 Å². The number of ether oxygens (including phenoxy) is 2. The molecule has 0 bridgehead atoms. The van der Waals surface area contributed by atoms with Crippen LogP contribution >= 0.6 is 0 Å². The van der Waals surface area contributed by atoms with Crippen molar-refractivity contribution < 1.29 is 28.3 Å². The van der Waals surface area contributed by atoms with Gasteiger partial charge in [0.1, 0.15) is 11.3 Å². The van der Waals surface area contributed by atoms with Gasteiger partial charge in [0.05, 0.1) is 20.6 Å². The number of hydrogen-bond acceptors (Lipinski definition) is 6. The molecule has 2 aromatic rings. The summed E-state index contributed by atoms with van der Waals surface area (Å²) in [5, 5.41) is 0.0379. The highest BCUT2D eigenvalue weighted by molar-refractivity contribution is 6.74. The minimum absolute atomic E-state index is 0.0379. The monoisotopic (exact) mass is 525 g/mol. The van der Waals surface area contributed by atoms with Crippen molar-refractivity contribution in [3.8, 4) is 5.75 Å². The number of nitrogens with zero attached hydrogens (tertiary/aromatic N) is 1. The van der Waals surface area contributed by atoms with Crippen molar-refractivity contribution >= 4 is 26.2 Å². The molecule has 2 aromatic carbocycles. The van der Waals surface area contributed by atoms with Gasteiger partial charge in [0.15, 0.2) is 0 Å². The highest BCUT2D eigenvalue weighted by atomic mass is 28.4. The van der Waals surface area contributed by atoms with Crippen LogP contribution in [0.15, 0.2) is 54.6 Å². The van der Waals surface area contributed by atoms with Gasteiger partial charge < -0.3 is 18.8 Å². The van der Waals surface area contributed by atoms with E-state index >= 15 is 0 Å². The smallest absolute Gasteiger partial charge is 0.332 e. The molecule has 0 radical (unpaired) electrons.